The van der Waals surface area contributed by atoms with Crippen LogP contribution in [-0.4, -0.2) is 20.6 Å². The van der Waals surface area contributed by atoms with E-state index in [-0.39, 0.29) is 6.04 Å². The van der Waals surface area contributed by atoms with Crippen molar-refractivity contribution in [2.75, 3.05) is 5.32 Å². The summed E-state index contributed by atoms with van der Waals surface area (Å²) in [7, 11) is 0. The minimum absolute atomic E-state index is 0.271. The quantitative estimate of drug-likeness (QED) is 0.551. The van der Waals surface area contributed by atoms with E-state index in [0.29, 0.717) is 22.5 Å². The Kier molecular flexibility index (Phi) is 6.00. The molecule has 2 N–H and O–H groups in total. The van der Waals surface area contributed by atoms with Crippen LogP contribution in [0.1, 0.15) is 50.8 Å². The normalized spacial score (nSPS) is 12.1. The van der Waals surface area contributed by atoms with E-state index in [1.165, 1.54) is 16.7 Å². The Bertz CT molecular complexity index is 1030. The first-order valence-corrected chi connectivity index (χ1v) is 9.81. The highest BCUT2D eigenvalue weighted by atomic mass is 19.4. The maximum Gasteiger partial charge on any atom is 0.416 e. The van der Waals surface area contributed by atoms with Crippen LogP contribution in [0.4, 0.5) is 18.9 Å². The molecule has 5 nitrogen and oxygen atoms in total. The summed E-state index contributed by atoms with van der Waals surface area (Å²) in [6, 6.07) is 6.65. The van der Waals surface area contributed by atoms with E-state index < -0.39 is 17.4 Å². The first-order valence-electron chi connectivity index (χ1n) is 9.81. The van der Waals surface area contributed by atoms with Crippen LogP contribution in [0.2, 0.25) is 0 Å². The van der Waals surface area contributed by atoms with Crippen LogP contribution < -0.4 is 11.0 Å². The number of H-pyrrole nitrogens is 1. The minimum Gasteiger partial charge on any atom is -0.380 e. The molecule has 29 heavy (non-hydrogen) atoms. The lowest BCUT2D eigenvalue weighted by Gasteiger charge is -2.19. The number of nitrogens with one attached hydrogen (secondary N) is 2. The topological polar surface area (TPSA) is 62.7 Å². The smallest absolute Gasteiger partial charge is 0.380 e. The van der Waals surface area contributed by atoms with Crippen molar-refractivity contribution in [3.8, 4) is 5.69 Å². The van der Waals surface area contributed by atoms with Crippen LogP contribution in [-0.2, 0) is 6.18 Å². The summed E-state index contributed by atoms with van der Waals surface area (Å²) < 4.78 is 39.9. The average Bonchev–Trinajstić information content (AvgIpc) is 2.97. The van der Waals surface area contributed by atoms with Crippen molar-refractivity contribution in [3.63, 3.8) is 0 Å². The standard InChI is InChI=1S/C21H25F3N4O/c1-4-6-15(7-5-2)26-17-12-13(3)25-19-18(17)27-20(29)28(19)16-10-8-14(9-11-16)21(22,23)24/h8-12,15H,4-7H2,1-3H3,(H,25,26)(H,27,29). The fourth-order valence-corrected chi connectivity index (χ4v) is 3.56. The van der Waals surface area contributed by atoms with Gasteiger partial charge in [-0.2, -0.15) is 13.2 Å². The number of nitrogens with zero attached hydrogens (tertiary/aromatic N) is 2. The molecule has 0 unspecified atom stereocenters. The van der Waals surface area contributed by atoms with Gasteiger partial charge in [-0.15, -0.1) is 0 Å². The van der Waals surface area contributed by atoms with E-state index in [4.69, 9.17) is 0 Å². The van der Waals surface area contributed by atoms with E-state index in [2.05, 4.69) is 29.1 Å². The number of fused-ring (bicyclic) bond motifs is 1. The summed E-state index contributed by atoms with van der Waals surface area (Å²) in [5.41, 5.74) is 1.57. The molecule has 0 aliphatic heterocycles. The van der Waals surface area contributed by atoms with Gasteiger partial charge in [-0.1, -0.05) is 26.7 Å². The van der Waals surface area contributed by atoms with Crippen LogP contribution in [0.5, 0.6) is 0 Å². The molecule has 0 aliphatic rings. The van der Waals surface area contributed by atoms with Crippen molar-refractivity contribution in [1.82, 2.24) is 14.5 Å². The first-order chi connectivity index (χ1) is 13.7. The van der Waals surface area contributed by atoms with Crippen LogP contribution in [0.25, 0.3) is 16.9 Å². The van der Waals surface area contributed by atoms with E-state index in [1.807, 2.05) is 13.0 Å². The summed E-state index contributed by atoms with van der Waals surface area (Å²) >= 11 is 0. The third kappa shape index (κ3) is 4.46. The number of rotatable bonds is 7. The number of hydrogen-bond acceptors (Lipinski definition) is 3. The zero-order valence-electron chi connectivity index (χ0n) is 16.7. The number of halogens is 3. The lowest BCUT2D eigenvalue weighted by atomic mass is 10.1. The zero-order valence-corrected chi connectivity index (χ0v) is 16.7. The summed E-state index contributed by atoms with van der Waals surface area (Å²) in [4.78, 5) is 19.9. The third-order valence-corrected chi connectivity index (χ3v) is 4.86. The zero-order chi connectivity index (χ0) is 21.2. The number of anilines is 1. The fourth-order valence-electron chi connectivity index (χ4n) is 3.56. The molecule has 156 valence electrons. The van der Waals surface area contributed by atoms with Gasteiger partial charge in [0.2, 0.25) is 0 Å². The SMILES string of the molecule is CCCC(CCC)Nc1cc(C)nc2c1[nH]c(=O)n2-c1ccc(C(F)(F)F)cc1. The molecule has 8 heteroatoms. The van der Waals surface area contributed by atoms with Gasteiger partial charge >= 0.3 is 11.9 Å². The van der Waals surface area contributed by atoms with Gasteiger partial charge in [0, 0.05) is 11.7 Å². The maximum absolute atomic E-state index is 12.9. The molecule has 0 spiro atoms. The Hall–Kier alpha value is -2.77. The third-order valence-electron chi connectivity index (χ3n) is 4.86. The molecule has 3 aromatic rings. The highest BCUT2D eigenvalue weighted by Crippen LogP contribution is 2.30. The molecule has 2 heterocycles. The summed E-state index contributed by atoms with van der Waals surface area (Å²) in [6.45, 7) is 6.08. The number of aryl methyl sites for hydroxylation is 1. The molecule has 0 fully saturated rings. The maximum atomic E-state index is 12.9. The van der Waals surface area contributed by atoms with Crippen LogP contribution >= 0.6 is 0 Å². The first kappa shape index (κ1) is 21.0. The Morgan fingerprint density at radius 3 is 2.31 bits per heavy atom. The van der Waals surface area contributed by atoms with Gasteiger partial charge in [-0.25, -0.2) is 14.3 Å². The fraction of sp³-hybridized carbons (Fsp3) is 0.429. The lowest BCUT2D eigenvalue weighted by Crippen LogP contribution is -2.19. The van der Waals surface area contributed by atoms with Crippen molar-refractivity contribution >= 4 is 16.9 Å². The molecule has 0 radical (unpaired) electrons. The van der Waals surface area contributed by atoms with Gasteiger partial charge in [0.05, 0.1) is 16.9 Å². The Balaban J connectivity index is 2.08. The Labute approximate surface area is 167 Å². The highest BCUT2D eigenvalue weighted by molar-refractivity contribution is 5.87. The number of pyridine rings is 1. The van der Waals surface area contributed by atoms with E-state index in [0.717, 1.165) is 43.5 Å². The summed E-state index contributed by atoms with van der Waals surface area (Å²) in [5.74, 6) is 0. The molecular weight excluding hydrogens is 381 g/mol. The molecule has 0 aliphatic carbocycles. The van der Waals surface area contributed by atoms with Gasteiger partial charge < -0.3 is 10.3 Å². The number of hydrogen-bond donors (Lipinski definition) is 2. The molecular formula is C21H25F3N4O. The number of aromatic nitrogens is 3. The number of aromatic amines is 1. The molecule has 0 bridgehead atoms. The molecule has 0 saturated carbocycles. The molecule has 0 atom stereocenters. The number of benzene rings is 1. The molecule has 0 amide bonds. The van der Waals surface area contributed by atoms with Gasteiger partial charge in [0.15, 0.2) is 5.65 Å². The minimum atomic E-state index is -4.43. The molecule has 0 saturated heterocycles. The second-order valence-corrected chi connectivity index (χ2v) is 7.24. The number of alkyl halides is 3. The van der Waals surface area contributed by atoms with E-state index in [1.54, 1.807) is 0 Å². The van der Waals surface area contributed by atoms with Crippen molar-refractivity contribution in [3.05, 3.63) is 52.1 Å². The monoisotopic (exact) mass is 406 g/mol. The van der Waals surface area contributed by atoms with Crippen molar-refractivity contribution in [1.29, 1.82) is 0 Å². The van der Waals surface area contributed by atoms with Gasteiger partial charge in [-0.3, -0.25) is 0 Å². The van der Waals surface area contributed by atoms with Crippen molar-refractivity contribution in [2.45, 2.75) is 58.7 Å². The van der Waals surface area contributed by atoms with Gasteiger partial charge in [0.25, 0.3) is 0 Å². The summed E-state index contributed by atoms with van der Waals surface area (Å²) in [5, 5.41) is 3.51. The van der Waals surface area contributed by atoms with E-state index in [9.17, 15) is 18.0 Å². The molecule has 2 aromatic heterocycles. The Morgan fingerprint density at radius 2 is 1.76 bits per heavy atom. The summed E-state index contributed by atoms with van der Waals surface area (Å²) in [6.07, 6.45) is -0.355. The van der Waals surface area contributed by atoms with Crippen LogP contribution in [0.15, 0.2) is 35.1 Å². The molecule has 3 rings (SSSR count). The number of imidazole rings is 1. The van der Waals surface area contributed by atoms with E-state index >= 15 is 0 Å². The average molecular weight is 406 g/mol. The van der Waals surface area contributed by atoms with Gasteiger partial charge in [-0.05, 0) is 50.1 Å². The second kappa shape index (κ2) is 8.31. The van der Waals surface area contributed by atoms with Gasteiger partial charge in [0.1, 0.15) is 5.52 Å². The van der Waals surface area contributed by atoms with Crippen LogP contribution in [0, 0.1) is 6.92 Å². The predicted octanol–water partition coefficient (Wildman–Crippen LogP) is 5.42. The van der Waals surface area contributed by atoms with Crippen molar-refractivity contribution < 1.29 is 13.2 Å². The lowest BCUT2D eigenvalue weighted by molar-refractivity contribution is -0.137. The predicted molar refractivity (Wildman–Crippen MR) is 109 cm³/mol. The second-order valence-electron chi connectivity index (χ2n) is 7.24. The Morgan fingerprint density at radius 1 is 1.14 bits per heavy atom. The molecule has 1 aromatic carbocycles. The largest absolute Gasteiger partial charge is 0.416 e. The van der Waals surface area contributed by atoms with Crippen molar-refractivity contribution in [2.24, 2.45) is 0 Å². The highest BCUT2D eigenvalue weighted by Gasteiger charge is 2.30. The van der Waals surface area contributed by atoms with Crippen LogP contribution in [0.3, 0.4) is 0 Å².